The summed E-state index contributed by atoms with van der Waals surface area (Å²) < 4.78 is 4.90. The van der Waals surface area contributed by atoms with Crippen molar-refractivity contribution >= 4 is 5.91 Å². The lowest BCUT2D eigenvalue weighted by Crippen LogP contribution is -2.34. The van der Waals surface area contributed by atoms with Crippen LogP contribution in [0.15, 0.2) is 12.2 Å². The third-order valence-electron chi connectivity index (χ3n) is 2.52. The summed E-state index contributed by atoms with van der Waals surface area (Å²) in [6, 6.07) is 0. The van der Waals surface area contributed by atoms with Gasteiger partial charge in [0.25, 0.3) is 0 Å². The molecule has 1 heterocycles. The summed E-state index contributed by atoms with van der Waals surface area (Å²) in [5, 5.41) is 3.16. The van der Waals surface area contributed by atoms with E-state index < -0.39 is 0 Å². The fourth-order valence-corrected chi connectivity index (χ4v) is 1.60. The van der Waals surface area contributed by atoms with Gasteiger partial charge in [0.1, 0.15) is 0 Å². The second kappa shape index (κ2) is 8.30. The Morgan fingerprint density at radius 3 is 2.94 bits per heavy atom. The van der Waals surface area contributed by atoms with E-state index in [4.69, 9.17) is 4.74 Å². The van der Waals surface area contributed by atoms with Crippen molar-refractivity contribution in [1.82, 2.24) is 10.2 Å². The van der Waals surface area contributed by atoms with Crippen LogP contribution in [0.1, 0.15) is 12.8 Å². The molecule has 4 nitrogen and oxygen atoms in total. The number of carbonyl (C=O) groups excluding carboxylic acids is 1. The number of ether oxygens (including phenoxy) is 1. The monoisotopic (exact) mass is 225 g/mol. The molecule has 1 fully saturated rings. The maximum atomic E-state index is 11.7. The summed E-state index contributed by atoms with van der Waals surface area (Å²) in [6.45, 7) is 3.95. The van der Waals surface area contributed by atoms with Crippen LogP contribution in [-0.4, -0.2) is 50.7 Å². The van der Waals surface area contributed by atoms with Gasteiger partial charge in [-0.05, 0) is 19.3 Å². The number of rotatable bonds is 6. The molecule has 1 saturated heterocycles. The van der Waals surface area contributed by atoms with E-state index in [0.717, 1.165) is 39.0 Å². The Kier molecular flexibility index (Phi) is 6.85. The van der Waals surface area contributed by atoms with Gasteiger partial charge < -0.3 is 15.0 Å². The number of amides is 1. The molecule has 0 unspecified atom stereocenters. The molecule has 4 heteroatoms. The summed E-state index contributed by atoms with van der Waals surface area (Å²) in [7, 11) is 1.68. The molecule has 0 atom stereocenters. The van der Waals surface area contributed by atoms with Crippen molar-refractivity contribution in [3.05, 3.63) is 18.6 Å². The second-order valence-electron chi connectivity index (χ2n) is 3.79. The summed E-state index contributed by atoms with van der Waals surface area (Å²) >= 11 is 0. The number of methoxy groups -OCH3 is 1. The molecule has 0 saturated carbocycles. The van der Waals surface area contributed by atoms with Gasteiger partial charge in [0, 0.05) is 39.4 Å². The predicted octanol–water partition coefficient (Wildman–Crippen LogP) is 0.605. The second-order valence-corrected chi connectivity index (χ2v) is 3.79. The van der Waals surface area contributed by atoms with Gasteiger partial charge in [-0.25, -0.2) is 0 Å². The number of hydrogen-bond donors (Lipinski definition) is 1. The molecule has 0 aromatic carbocycles. The van der Waals surface area contributed by atoms with E-state index >= 15 is 0 Å². The van der Waals surface area contributed by atoms with Crippen LogP contribution in [0.5, 0.6) is 0 Å². The Labute approximate surface area is 97.6 Å². The maximum Gasteiger partial charge on any atom is 0.246 e. The highest BCUT2D eigenvalue weighted by molar-refractivity contribution is 5.87. The number of nitrogens with one attached hydrogen (secondary N) is 1. The maximum absolute atomic E-state index is 11.7. The Morgan fingerprint density at radius 2 is 2.25 bits per heavy atom. The molecule has 0 aliphatic carbocycles. The lowest BCUT2D eigenvalue weighted by atomic mass is 10.1. The normalized spacial score (nSPS) is 16.9. The highest BCUT2D eigenvalue weighted by Crippen LogP contribution is 2.07. The smallest absolute Gasteiger partial charge is 0.246 e. The third-order valence-corrected chi connectivity index (χ3v) is 2.52. The predicted molar refractivity (Wildman–Crippen MR) is 64.0 cm³/mol. The molecule has 1 rings (SSSR count). The van der Waals surface area contributed by atoms with Crippen molar-refractivity contribution in [1.29, 1.82) is 0 Å². The Morgan fingerprint density at radius 1 is 1.50 bits per heavy atom. The van der Waals surface area contributed by atoms with E-state index in [1.54, 1.807) is 13.2 Å². The molecule has 1 N–H and O–H groups in total. The Bertz CT molecular complexity index is 223. The van der Waals surface area contributed by atoms with E-state index in [-0.39, 0.29) is 5.91 Å². The van der Waals surface area contributed by atoms with Gasteiger partial charge in [-0.1, -0.05) is 6.08 Å². The van der Waals surface area contributed by atoms with Crippen molar-refractivity contribution in [2.45, 2.75) is 12.8 Å². The average molecular weight is 225 g/mol. The SMILES string of the molecule is COCCNC/C=C/C(=O)N1CC[CH]CC1. The lowest BCUT2D eigenvalue weighted by Gasteiger charge is -2.25. The van der Waals surface area contributed by atoms with Gasteiger partial charge in [0.05, 0.1) is 6.61 Å². The van der Waals surface area contributed by atoms with E-state index in [9.17, 15) is 4.79 Å². The molecular formula is C12H21N2O2. The molecule has 1 aliphatic rings. The lowest BCUT2D eigenvalue weighted by molar-refractivity contribution is -0.126. The fraction of sp³-hybridized carbons (Fsp3) is 0.667. The first-order valence-electron chi connectivity index (χ1n) is 5.81. The molecule has 0 aromatic rings. The molecule has 16 heavy (non-hydrogen) atoms. The Hall–Kier alpha value is -0.870. The van der Waals surface area contributed by atoms with Crippen LogP contribution in [-0.2, 0) is 9.53 Å². The standard InChI is InChI=1S/C12H21N2O2/c1-16-11-8-13-7-5-6-12(15)14-9-3-2-4-10-14/h2,5-6,13H,3-4,7-11H2,1H3/b6-5+. The fourth-order valence-electron chi connectivity index (χ4n) is 1.60. The van der Waals surface area contributed by atoms with Crippen molar-refractivity contribution in [2.24, 2.45) is 0 Å². The van der Waals surface area contributed by atoms with Crippen LogP contribution in [0, 0.1) is 6.42 Å². The number of piperidine rings is 1. The number of nitrogens with zero attached hydrogens (tertiary/aromatic N) is 1. The van der Waals surface area contributed by atoms with Gasteiger partial charge in [0.2, 0.25) is 5.91 Å². The van der Waals surface area contributed by atoms with Gasteiger partial charge in [0.15, 0.2) is 0 Å². The average Bonchev–Trinajstić information content (AvgIpc) is 2.34. The van der Waals surface area contributed by atoms with Crippen LogP contribution >= 0.6 is 0 Å². The van der Waals surface area contributed by atoms with Crippen molar-refractivity contribution < 1.29 is 9.53 Å². The van der Waals surface area contributed by atoms with E-state index in [0.29, 0.717) is 6.61 Å². The van der Waals surface area contributed by atoms with Gasteiger partial charge in [-0.2, -0.15) is 0 Å². The van der Waals surface area contributed by atoms with Crippen LogP contribution in [0.2, 0.25) is 0 Å². The number of carbonyl (C=O) groups is 1. The molecule has 0 spiro atoms. The van der Waals surface area contributed by atoms with Gasteiger partial charge in [-0.15, -0.1) is 0 Å². The minimum atomic E-state index is 0.127. The van der Waals surface area contributed by atoms with Crippen LogP contribution in [0.4, 0.5) is 0 Å². The molecule has 91 valence electrons. The molecule has 1 radical (unpaired) electrons. The summed E-state index contributed by atoms with van der Waals surface area (Å²) in [5.74, 6) is 0.127. The highest BCUT2D eigenvalue weighted by Gasteiger charge is 2.13. The molecule has 1 amide bonds. The largest absolute Gasteiger partial charge is 0.383 e. The molecular weight excluding hydrogens is 204 g/mol. The zero-order valence-corrected chi connectivity index (χ0v) is 9.95. The molecule has 0 bridgehead atoms. The molecule has 0 aromatic heterocycles. The number of likely N-dealkylation sites (tertiary alicyclic amines) is 1. The summed E-state index contributed by atoms with van der Waals surface area (Å²) in [5.41, 5.74) is 0. The van der Waals surface area contributed by atoms with Crippen molar-refractivity contribution in [3.63, 3.8) is 0 Å². The first-order chi connectivity index (χ1) is 7.84. The minimum absolute atomic E-state index is 0.127. The van der Waals surface area contributed by atoms with Crippen LogP contribution in [0.3, 0.4) is 0 Å². The molecule has 1 aliphatic heterocycles. The zero-order valence-electron chi connectivity index (χ0n) is 9.95. The van der Waals surface area contributed by atoms with Crippen LogP contribution in [0.25, 0.3) is 0 Å². The van der Waals surface area contributed by atoms with Gasteiger partial charge >= 0.3 is 0 Å². The topological polar surface area (TPSA) is 41.6 Å². The van der Waals surface area contributed by atoms with E-state index in [2.05, 4.69) is 11.7 Å². The minimum Gasteiger partial charge on any atom is -0.383 e. The quantitative estimate of drug-likeness (QED) is 0.532. The zero-order chi connectivity index (χ0) is 11.6. The summed E-state index contributed by atoms with van der Waals surface area (Å²) in [6.07, 6.45) is 7.80. The van der Waals surface area contributed by atoms with E-state index in [1.165, 1.54) is 0 Å². The van der Waals surface area contributed by atoms with Gasteiger partial charge in [-0.3, -0.25) is 4.79 Å². The first-order valence-corrected chi connectivity index (χ1v) is 5.81. The Balaban J connectivity index is 2.10. The third kappa shape index (κ3) is 5.28. The van der Waals surface area contributed by atoms with Crippen molar-refractivity contribution in [2.75, 3.05) is 39.9 Å². The van der Waals surface area contributed by atoms with Crippen molar-refractivity contribution in [3.8, 4) is 0 Å². The van der Waals surface area contributed by atoms with Crippen LogP contribution < -0.4 is 5.32 Å². The summed E-state index contributed by atoms with van der Waals surface area (Å²) in [4.78, 5) is 13.6. The number of hydrogen-bond acceptors (Lipinski definition) is 3. The van der Waals surface area contributed by atoms with E-state index in [1.807, 2.05) is 11.0 Å². The highest BCUT2D eigenvalue weighted by atomic mass is 16.5. The first kappa shape index (κ1) is 13.2.